The van der Waals surface area contributed by atoms with E-state index in [-0.39, 0.29) is 18.5 Å². The minimum Gasteiger partial charge on any atom is -0.342 e. The van der Waals surface area contributed by atoms with Gasteiger partial charge in [-0.05, 0) is 12.0 Å². The van der Waals surface area contributed by atoms with Crippen molar-refractivity contribution in [1.29, 1.82) is 0 Å². The summed E-state index contributed by atoms with van der Waals surface area (Å²) in [7, 11) is 0. The Morgan fingerprint density at radius 3 is 2.69 bits per heavy atom. The molecule has 1 heterocycles. The molecule has 0 spiro atoms. The maximum Gasteiger partial charge on any atom is 0.223 e. The van der Waals surface area contributed by atoms with Crippen LogP contribution in [0.15, 0.2) is 30.3 Å². The van der Waals surface area contributed by atoms with Crippen molar-refractivity contribution in [2.45, 2.75) is 12.8 Å². The first-order chi connectivity index (χ1) is 7.79. The van der Waals surface area contributed by atoms with Crippen molar-refractivity contribution >= 4 is 5.91 Å². The van der Waals surface area contributed by atoms with Gasteiger partial charge in [0.05, 0.1) is 6.67 Å². The smallest absolute Gasteiger partial charge is 0.223 e. The zero-order valence-corrected chi connectivity index (χ0v) is 9.23. The van der Waals surface area contributed by atoms with E-state index in [1.165, 1.54) is 5.56 Å². The summed E-state index contributed by atoms with van der Waals surface area (Å²) in [5.41, 5.74) is 1.22. The number of nitrogens with zero attached hydrogens (tertiary/aromatic N) is 1. The first kappa shape index (κ1) is 11.1. The minimum atomic E-state index is -0.381. The summed E-state index contributed by atoms with van der Waals surface area (Å²) in [6, 6.07) is 10.1. The predicted octanol–water partition coefficient (Wildman–Crippen LogP) is 2.05. The van der Waals surface area contributed by atoms with Crippen LogP contribution in [0.1, 0.15) is 12.0 Å². The van der Waals surface area contributed by atoms with Crippen molar-refractivity contribution in [3.8, 4) is 0 Å². The van der Waals surface area contributed by atoms with E-state index in [9.17, 15) is 9.18 Å². The number of rotatable bonds is 4. The van der Waals surface area contributed by atoms with Crippen molar-refractivity contribution in [3.05, 3.63) is 35.9 Å². The van der Waals surface area contributed by atoms with E-state index in [2.05, 4.69) is 0 Å². The Bertz CT molecular complexity index is 352. The molecule has 0 bridgehead atoms. The molecule has 1 aliphatic rings. The topological polar surface area (TPSA) is 20.3 Å². The fraction of sp³-hybridized carbons (Fsp3) is 0.462. The number of alkyl halides is 1. The van der Waals surface area contributed by atoms with Crippen LogP contribution in [0.25, 0.3) is 0 Å². The highest BCUT2D eigenvalue weighted by molar-refractivity contribution is 5.78. The number of amides is 1. The molecule has 1 saturated heterocycles. The highest BCUT2D eigenvalue weighted by Crippen LogP contribution is 2.18. The third kappa shape index (κ3) is 2.60. The zero-order valence-electron chi connectivity index (χ0n) is 9.23. The van der Waals surface area contributed by atoms with Gasteiger partial charge in [0.25, 0.3) is 0 Å². The summed E-state index contributed by atoms with van der Waals surface area (Å²) in [5.74, 6) is 0.0156. The maximum absolute atomic E-state index is 12.4. The second-order valence-electron chi connectivity index (χ2n) is 4.30. The van der Waals surface area contributed by atoms with Crippen molar-refractivity contribution < 1.29 is 9.18 Å². The first-order valence-electron chi connectivity index (χ1n) is 5.67. The Morgan fingerprint density at radius 2 is 2.06 bits per heavy atom. The second kappa shape index (κ2) is 5.10. The molecular weight excluding hydrogens is 205 g/mol. The quantitative estimate of drug-likeness (QED) is 0.762. The van der Waals surface area contributed by atoms with Crippen LogP contribution in [0.3, 0.4) is 0 Å². The number of hydrogen-bond acceptors (Lipinski definition) is 1. The van der Waals surface area contributed by atoms with E-state index in [1.807, 2.05) is 30.3 Å². The van der Waals surface area contributed by atoms with Gasteiger partial charge in [-0.1, -0.05) is 30.3 Å². The van der Waals surface area contributed by atoms with Crippen LogP contribution in [-0.4, -0.2) is 30.6 Å². The SMILES string of the molecule is O=C1C[C@H](CF)CN1CCc1ccccc1. The lowest BCUT2D eigenvalue weighted by Crippen LogP contribution is -2.27. The fourth-order valence-electron chi connectivity index (χ4n) is 2.08. The molecule has 1 fully saturated rings. The lowest BCUT2D eigenvalue weighted by Gasteiger charge is -2.15. The Hall–Kier alpha value is -1.38. The Labute approximate surface area is 95.1 Å². The lowest BCUT2D eigenvalue weighted by molar-refractivity contribution is -0.127. The molecular formula is C13H16FNO. The Balaban J connectivity index is 1.85. The fourth-order valence-corrected chi connectivity index (χ4v) is 2.08. The molecule has 1 aromatic carbocycles. The molecule has 2 rings (SSSR count). The molecule has 16 heavy (non-hydrogen) atoms. The molecule has 1 atom stereocenters. The monoisotopic (exact) mass is 221 g/mol. The van der Waals surface area contributed by atoms with Gasteiger partial charge >= 0.3 is 0 Å². The van der Waals surface area contributed by atoms with E-state index in [1.54, 1.807) is 4.90 Å². The van der Waals surface area contributed by atoms with Gasteiger partial charge in [-0.15, -0.1) is 0 Å². The number of carbonyl (C=O) groups is 1. The van der Waals surface area contributed by atoms with Crippen LogP contribution in [-0.2, 0) is 11.2 Å². The molecule has 2 nitrogen and oxygen atoms in total. The standard InChI is InChI=1S/C13H16FNO/c14-9-12-8-13(16)15(10-12)7-6-11-4-2-1-3-5-11/h1-5,12H,6-10H2/t12-/m1/s1. The minimum absolute atomic E-state index is 0.0803. The molecule has 1 aliphatic heterocycles. The second-order valence-corrected chi connectivity index (χ2v) is 4.30. The molecule has 0 unspecified atom stereocenters. The van der Waals surface area contributed by atoms with E-state index in [0.29, 0.717) is 19.5 Å². The van der Waals surface area contributed by atoms with Gasteiger partial charge in [-0.3, -0.25) is 9.18 Å². The summed E-state index contributed by atoms with van der Waals surface area (Å²) < 4.78 is 12.4. The maximum atomic E-state index is 12.4. The summed E-state index contributed by atoms with van der Waals surface area (Å²) in [6.45, 7) is 0.912. The summed E-state index contributed by atoms with van der Waals surface area (Å²) in [6.07, 6.45) is 1.23. The van der Waals surface area contributed by atoms with Gasteiger partial charge in [0.15, 0.2) is 0 Å². The molecule has 0 aliphatic carbocycles. The van der Waals surface area contributed by atoms with Crippen LogP contribution in [0, 0.1) is 5.92 Å². The first-order valence-corrected chi connectivity index (χ1v) is 5.67. The average molecular weight is 221 g/mol. The van der Waals surface area contributed by atoms with Crippen LogP contribution in [0.2, 0.25) is 0 Å². The summed E-state index contributed by atoms with van der Waals surface area (Å²) in [5, 5.41) is 0. The van der Waals surface area contributed by atoms with Gasteiger partial charge in [0.2, 0.25) is 5.91 Å². The summed E-state index contributed by atoms with van der Waals surface area (Å²) in [4.78, 5) is 13.3. The van der Waals surface area contributed by atoms with Gasteiger partial charge in [0.1, 0.15) is 0 Å². The van der Waals surface area contributed by atoms with Crippen LogP contribution in [0.5, 0.6) is 0 Å². The van der Waals surface area contributed by atoms with Crippen molar-refractivity contribution in [3.63, 3.8) is 0 Å². The highest BCUT2D eigenvalue weighted by atomic mass is 19.1. The predicted molar refractivity (Wildman–Crippen MR) is 60.8 cm³/mol. The molecule has 3 heteroatoms. The number of benzene rings is 1. The largest absolute Gasteiger partial charge is 0.342 e. The number of carbonyl (C=O) groups excluding carboxylic acids is 1. The van der Waals surface area contributed by atoms with Crippen molar-refractivity contribution in [2.75, 3.05) is 19.8 Å². The van der Waals surface area contributed by atoms with Crippen LogP contribution >= 0.6 is 0 Å². The van der Waals surface area contributed by atoms with Crippen LogP contribution in [0.4, 0.5) is 4.39 Å². The van der Waals surface area contributed by atoms with E-state index < -0.39 is 0 Å². The number of likely N-dealkylation sites (tertiary alicyclic amines) is 1. The Morgan fingerprint density at radius 1 is 1.31 bits per heavy atom. The van der Waals surface area contributed by atoms with Gasteiger partial charge < -0.3 is 4.90 Å². The lowest BCUT2D eigenvalue weighted by atomic mass is 10.1. The third-order valence-electron chi connectivity index (χ3n) is 3.03. The van der Waals surface area contributed by atoms with E-state index in [0.717, 1.165) is 6.42 Å². The molecule has 0 saturated carbocycles. The highest BCUT2D eigenvalue weighted by Gasteiger charge is 2.28. The Kier molecular flexibility index (Phi) is 3.54. The zero-order chi connectivity index (χ0) is 11.4. The van der Waals surface area contributed by atoms with Gasteiger partial charge in [0, 0.05) is 25.4 Å². The average Bonchev–Trinajstić information content (AvgIpc) is 2.69. The molecule has 0 aromatic heterocycles. The van der Waals surface area contributed by atoms with Crippen molar-refractivity contribution in [2.24, 2.45) is 5.92 Å². The van der Waals surface area contributed by atoms with Crippen LogP contribution < -0.4 is 0 Å². The normalized spacial score (nSPS) is 20.4. The molecule has 0 radical (unpaired) electrons. The number of halogens is 1. The van der Waals surface area contributed by atoms with E-state index in [4.69, 9.17) is 0 Å². The van der Waals surface area contributed by atoms with Gasteiger partial charge in [-0.2, -0.15) is 0 Å². The third-order valence-corrected chi connectivity index (χ3v) is 3.03. The van der Waals surface area contributed by atoms with E-state index >= 15 is 0 Å². The van der Waals surface area contributed by atoms with Crippen molar-refractivity contribution in [1.82, 2.24) is 4.90 Å². The molecule has 1 amide bonds. The summed E-state index contributed by atoms with van der Waals surface area (Å²) >= 11 is 0. The molecule has 0 N–H and O–H groups in total. The molecule has 86 valence electrons. The number of hydrogen-bond donors (Lipinski definition) is 0. The molecule has 1 aromatic rings. The van der Waals surface area contributed by atoms with Gasteiger partial charge in [-0.25, -0.2) is 0 Å².